The van der Waals surface area contributed by atoms with Crippen LogP contribution in [-0.2, 0) is 11.8 Å². The van der Waals surface area contributed by atoms with Crippen molar-refractivity contribution in [3.05, 3.63) is 39.1 Å². The summed E-state index contributed by atoms with van der Waals surface area (Å²) in [4.78, 5) is 29.3. The summed E-state index contributed by atoms with van der Waals surface area (Å²) in [6.07, 6.45) is 0. The van der Waals surface area contributed by atoms with E-state index in [4.69, 9.17) is 14.2 Å². The number of fused-ring (bicyclic) bond motifs is 1. The summed E-state index contributed by atoms with van der Waals surface area (Å²) in [6.45, 7) is 3.97. The zero-order chi connectivity index (χ0) is 17.3. The van der Waals surface area contributed by atoms with E-state index in [-0.39, 0.29) is 6.79 Å². The van der Waals surface area contributed by atoms with Gasteiger partial charge in [0, 0.05) is 18.3 Å². The molecule has 0 saturated heterocycles. The molecule has 0 aliphatic carbocycles. The van der Waals surface area contributed by atoms with Crippen LogP contribution in [0, 0.1) is 6.92 Å². The minimum atomic E-state index is -0.416. The molecule has 0 unspecified atom stereocenters. The Morgan fingerprint density at radius 2 is 2.08 bits per heavy atom. The van der Waals surface area contributed by atoms with Crippen LogP contribution in [0.2, 0.25) is 0 Å². The maximum absolute atomic E-state index is 12.4. The van der Waals surface area contributed by atoms with Crippen LogP contribution in [-0.4, -0.2) is 29.8 Å². The topological polar surface area (TPSA) is 79.1 Å². The van der Waals surface area contributed by atoms with Crippen molar-refractivity contribution in [2.24, 2.45) is 12.0 Å². The van der Waals surface area contributed by atoms with Gasteiger partial charge < -0.3 is 18.8 Å². The molecular weight excluding hydrogens is 332 g/mol. The fraction of sp³-hybridized carbons (Fsp3) is 0.312. The average molecular weight is 348 g/mol. The summed E-state index contributed by atoms with van der Waals surface area (Å²) in [6, 6.07) is 4.90. The van der Waals surface area contributed by atoms with Gasteiger partial charge in [0.05, 0.1) is 6.61 Å². The highest BCUT2D eigenvalue weighted by Crippen LogP contribution is 2.32. The largest absolute Gasteiger partial charge is 0.462 e. The normalized spacial score (nSPS) is 13.2. The van der Waals surface area contributed by atoms with Gasteiger partial charge >= 0.3 is 5.97 Å². The van der Waals surface area contributed by atoms with E-state index in [9.17, 15) is 9.59 Å². The predicted octanol–water partition coefficient (Wildman–Crippen LogP) is 2.04. The molecule has 1 amide bonds. The lowest BCUT2D eigenvalue weighted by Crippen LogP contribution is -2.14. The van der Waals surface area contributed by atoms with Crippen LogP contribution in [0.4, 0.5) is 0 Å². The summed E-state index contributed by atoms with van der Waals surface area (Å²) in [7, 11) is 1.75. The molecule has 1 aromatic carbocycles. The third kappa shape index (κ3) is 2.92. The van der Waals surface area contributed by atoms with Crippen molar-refractivity contribution in [2.45, 2.75) is 13.8 Å². The molecular formula is C16H16N2O5S. The van der Waals surface area contributed by atoms with Gasteiger partial charge in [-0.15, -0.1) is 0 Å². The monoisotopic (exact) mass is 348 g/mol. The smallest absolute Gasteiger partial charge is 0.350 e. The van der Waals surface area contributed by atoms with E-state index in [2.05, 4.69) is 4.99 Å². The highest BCUT2D eigenvalue weighted by molar-refractivity contribution is 7.11. The highest BCUT2D eigenvalue weighted by Gasteiger charge is 2.18. The van der Waals surface area contributed by atoms with Crippen molar-refractivity contribution >= 4 is 23.2 Å². The number of aromatic nitrogens is 1. The molecule has 0 N–H and O–H groups in total. The number of amides is 1. The maximum Gasteiger partial charge on any atom is 0.350 e. The molecule has 24 heavy (non-hydrogen) atoms. The van der Waals surface area contributed by atoms with Crippen LogP contribution in [0.25, 0.3) is 0 Å². The number of esters is 1. The molecule has 0 bridgehead atoms. The molecule has 0 radical (unpaired) electrons. The number of hydrogen-bond acceptors (Lipinski definition) is 6. The van der Waals surface area contributed by atoms with E-state index >= 15 is 0 Å². The first-order chi connectivity index (χ1) is 11.5. The molecule has 0 spiro atoms. The van der Waals surface area contributed by atoms with E-state index in [0.717, 1.165) is 11.3 Å². The number of thiazole rings is 1. The van der Waals surface area contributed by atoms with Crippen LogP contribution in [0.3, 0.4) is 0 Å². The maximum atomic E-state index is 12.4. The molecule has 2 heterocycles. The molecule has 3 rings (SSSR count). The van der Waals surface area contributed by atoms with Crippen molar-refractivity contribution in [3.63, 3.8) is 0 Å². The van der Waals surface area contributed by atoms with Crippen LogP contribution in [0.5, 0.6) is 11.5 Å². The Labute approximate surface area is 142 Å². The molecule has 1 aromatic heterocycles. The van der Waals surface area contributed by atoms with E-state index in [1.807, 2.05) is 0 Å². The van der Waals surface area contributed by atoms with E-state index in [1.165, 1.54) is 0 Å². The molecule has 7 nitrogen and oxygen atoms in total. The number of ether oxygens (including phenoxy) is 3. The summed E-state index contributed by atoms with van der Waals surface area (Å²) in [5.41, 5.74) is 1.10. The predicted molar refractivity (Wildman–Crippen MR) is 86.4 cm³/mol. The van der Waals surface area contributed by atoms with Gasteiger partial charge in [0.25, 0.3) is 5.91 Å². The third-order valence-corrected chi connectivity index (χ3v) is 4.80. The Morgan fingerprint density at radius 1 is 1.33 bits per heavy atom. The van der Waals surface area contributed by atoms with Gasteiger partial charge in [0.1, 0.15) is 4.88 Å². The Hall–Kier alpha value is -2.61. The average Bonchev–Trinajstić information content (AvgIpc) is 3.14. The molecule has 1 aliphatic rings. The molecule has 8 heteroatoms. The van der Waals surface area contributed by atoms with Crippen molar-refractivity contribution < 1.29 is 23.8 Å². The Kier molecular flexibility index (Phi) is 4.39. The van der Waals surface area contributed by atoms with Gasteiger partial charge in [0.2, 0.25) is 6.79 Å². The van der Waals surface area contributed by atoms with Crippen LogP contribution >= 0.6 is 11.3 Å². The molecule has 0 fully saturated rings. The second-order valence-electron chi connectivity index (χ2n) is 5.06. The molecule has 2 aromatic rings. The first-order valence-corrected chi connectivity index (χ1v) is 8.15. The minimum Gasteiger partial charge on any atom is -0.462 e. The van der Waals surface area contributed by atoms with E-state index < -0.39 is 11.9 Å². The van der Waals surface area contributed by atoms with Crippen LogP contribution in [0.15, 0.2) is 23.2 Å². The Morgan fingerprint density at radius 3 is 2.83 bits per heavy atom. The van der Waals surface area contributed by atoms with Crippen molar-refractivity contribution in [2.75, 3.05) is 13.4 Å². The van der Waals surface area contributed by atoms with Crippen molar-refractivity contribution in [3.8, 4) is 11.5 Å². The van der Waals surface area contributed by atoms with Gasteiger partial charge in [-0.2, -0.15) is 4.99 Å². The number of carbonyl (C=O) groups excluding carboxylic acids is 2. The zero-order valence-corrected chi connectivity index (χ0v) is 14.3. The second kappa shape index (κ2) is 6.48. The number of nitrogens with zero attached hydrogens (tertiary/aromatic N) is 2. The Balaban J connectivity index is 1.95. The van der Waals surface area contributed by atoms with Crippen LogP contribution < -0.4 is 14.3 Å². The summed E-state index contributed by atoms with van der Waals surface area (Å²) >= 11 is 1.13. The first-order valence-electron chi connectivity index (χ1n) is 7.33. The van der Waals surface area contributed by atoms with Crippen molar-refractivity contribution in [1.82, 2.24) is 4.57 Å². The summed E-state index contributed by atoms with van der Waals surface area (Å²) in [5.74, 6) is 0.303. The zero-order valence-electron chi connectivity index (χ0n) is 13.5. The van der Waals surface area contributed by atoms with E-state index in [1.54, 1.807) is 43.7 Å². The number of rotatable bonds is 3. The minimum absolute atomic E-state index is 0.145. The van der Waals surface area contributed by atoms with Crippen LogP contribution in [0.1, 0.15) is 32.6 Å². The van der Waals surface area contributed by atoms with Gasteiger partial charge in [-0.3, -0.25) is 4.79 Å². The highest BCUT2D eigenvalue weighted by atomic mass is 32.1. The van der Waals surface area contributed by atoms with Gasteiger partial charge in [0.15, 0.2) is 16.3 Å². The fourth-order valence-electron chi connectivity index (χ4n) is 2.19. The third-order valence-electron chi connectivity index (χ3n) is 3.59. The second-order valence-corrected chi connectivity index (χ2v) is 6.04. The molecule has 1 aliphatic heterocycles. The van der Waals surface area contributed by atoms with Crippen molar-refractivity contribution in [1.29, 1.82) is 0 Å². The summed E-state index contributed by atoms with van der Waals surface area (Å²) in [5, 5.41) is 0. The first kappa shape index (κ1) is 16.3. The summed E-state index contributed by atoms with van der Waals surface area (Å²) < 4.78 is 17.2. The van der Waals surface area contributed by atoms with E-state index in [0.29, 0.717) is 39.0 Å². The molecule has 0 atom stereocenters. The number of carbonyl (C=O) groups is 2. The Bertz CT molecular complexity index is 881. The molecule has 0 saturated carbocycles. The lowest BCUT2D eigenvalue weighted by molar-refractivity contribution is 0.0530. The number of hydrogen-bond donors (Lipinski definition) is 0. The standard InChI is InChI=1S/C16H16N2O5S/c1-4-21-15(20)13-9(2)18(3)16(24-13)17-14(19)10-5-6-11-12(7-10)23-8-22-11/h5-7H,4,8H2,1-3H3. The quantitative estimate of drug-likeness (QED) is 0.793. The SMILES string of the molecule is CCOC(=O)c1sc(=NC(=O)c2ccc3c(c2)OCO3)n(C)c1C. The lowest BCUT2D eigenvalue weighted by Gasteiger charge is -2.00. The lowest BCUT2D eigenvalue weighted by atomic mass is 10.2. The van der Waals surface area contributed by atoms with Gasteiger partial charge in [-0.1, -0.05) is 11.3 Å². The van der Waals surface area contributed by atoms with Gasteiger partial charge in [-0.05, 0) is 32.0 Å². The molecule has 126 valence electrons. The fourth-order valence-corrected chi connectivity index (χ4v) is 3.21. The number of benzene rings is 1. The van der Waals surface area contributed by atoms with Gasteiger partial charge in [-0.25, -0.2) is 4.79 Å².